The minimum atomic E-state index is -1.06. The van der Waals surface area contributed by atoms with Crippen molar-refractivity contribution in [2.75, 3.05) is 6.54 Å². The van der Waals surface area contributed by atoms with Gasteiger partial charge in [0.2, 0.25) is 11.8 Å². The van der Waals surface area contributed by atoms with Crippen molar-refractivity contribution in [1.29, 1.82) is 16.2 Å². The molecule has 3 rings (SSSR count). The average Bonchev–Trinajstić information content (AvgIpc) is 3.34. The minimum Gasteiger partial charge on any atom is -0.423 e. The maximum Gasteiger partial charge on any atom is 0.254 e. The molecule has 0 saturated carbocycles. The number of likely N-dealkylation sites (tertiary alicyclic amines) is 1. The van der Waals surface area contributed by atoms with Crippen LogP contribution in [0.25, 0.3) is 0 Å². The second kappa shape index (κ2) is 8.56. The number of nitrogen functional groups attached to an aromatic ring is 1. The third-order valence-electron chi connectivity index (χ3n) is 4.98. The number of amides is 1. The fourth-order valence-corrected chi connectivity index (χ4v) is 4.23. The molecule has 1 aliphatic heterocycles. The highest BCUT2D eigenvalue weighted by atomic mass is 32.1. The van der Waals surface area contributed by atoms with Gasteiger partial charge < -0.3 is 21.1 Å². The van der Waals surface area contributed by atoms with Crippen molar-refractivity contribution in [3.05, 3.63) is 51.0 Å². The summed E-state index contributed by atoms with van der Waals surface area (Å²) >= 11 is 1.54. The number of aromatic nitrogens is 1. The van der Waals surface area contributed by atoms with E-state index in [1.807, 2.05) is 12.3 Å². The molecule has 1 aliphatic rings. The summed E-state index contributed by atoms with van der Waals surface area (Å²) in [6.45, 7) is 5.71. The Morgan fingerprint density at radius 1 is 1.23 bits per heavy atom. The van der Waals surface area contributed by atoms with Crippen LogP contribution in [0.1, 0.15) is 64.9 Å². The summed E-state index contributed by atoms with van der Waals surface area (Å²) in [5.41, 5.74) is 12.2. The van der Waals surface area contributed by atoms with Crippen molar-refractivity contribution in [1.82, 2.24) is 9.88 Å². The zero-order valence-corrected chi connectivity index (χ0v) is 18.6. The summed E-state index contributed by atoms with van der Waals surface area (Å²) in [5, 5.41) is 26.8. The van der Waals surface area contributed by atoms with Crippen LogP contribution in [0.2, 0.25) is 0 Å². The molecule has 0 unspecified atom stereocenters. The Labute approximate surface area is 184 Å². The summed E-state index contributed by atoms with van der Waals surface area (Å²) in [6, 6.07) is 4.46. The molecule has 7 N–H and O–H groups in total. The Bertz CT molecular complexity index is 1050. The van der Waals surface area contributed by atoms with Gasteiger partial charge in [-0.1, -0.05) is 0 Å². The van der Waals surface area contributed by atoms with Crippen molar-refractivity contribution in [3.63, 3.8) is 0 Å². The zero-order chi connectivity index (χ0) is 22.9. The van der Waals surface area contributed by atoms with Gasteiger partial charge in [0.1, 0.15) is 10.8 Å². The quantitative estimate of drug-likeness (QED) is 0.355. The monoisotopic (exact) mass is 441 g/mol. The number of nitrogens with zero attached hydrogens (tertiary/aromatic N) is 2. The standard InChI is InChI=1S/C21H27N7O2S/c1-11-10-31-18(27-11)15-5-4-6-28(15)19(29)14-8-12(16(22)23)7-13(9-14)17(24)30-20(25)21(2,3)26/h7-10,15,24-25H,4-6,26H2,1-3H3,(H3,22,23)/t15-/m1/s1. The summed E-state index contributed by atoms with van der Waals surface area (Å²) in [6.07, 6.45) is 1.70. The van der Waals surface area contributed by atoms with E-state index in [1.54, 1.807) is 24.8 Å². The van der Waals surface area contributed by atoms with Crippen molar-refractivity contribution in [3.8, 4) is 0 Å². The van der Waals surface area contributed by atoms with Crippen LogP contribution >= 0.6 is 11.3 Å². The van der Waals surface area contributed by atoms with E-state index in [2.05, 4.69) is 4.98 Å². The lowest BCUT2D eigenvalue weighted by Gasteiger charge is -2.24. The van der Waals surface area contributed by atoms with Crippen molar-refractivity contribution in [2.24, 2.45) is 11.5 Å². The van der Waals surface area contributed by atoms with Crippen LogP contribution in [-0.2, 0) is 4.74 Å². The van der Waals surface area contributed by atoms with Crippen LogP contribution in [0.5, 0.6) is 0 Å². The van der Waals surface area contributed by atoms with Gasteiger partial charge in [-0.15, -0.1) is 11.3 Å². The fraction of sp³-hybridized carbons (Fsp3) is 0.381. The lowest BCUT2D eigenvalue weighted by Crippen LogP contribution is -2.43. The number of thiazole rings is 1. The first kappa shape index (κ1) is 22.6. The highest BCUT2D eigenvalue weighted by Crippen LogP contribution is 2.35. The van der Waals surface area contributed by atoms with E-state index >= 15 is 0 Å². The molecule has 1 fully saturated rings. The second-order valence-corrected chi connectivity index (χ2v) is 9.07. The maximum atomic E-state index is 13.4. The maximum absolute atomic E-state index is 13.4. The number of rotatable bonds is 5. The number of nitrogens with two attached hydrogens (primary N) is 2. The number of ether oxygens (including phenoxy) is 1. The van der Waals surface area contributed by atoms with Gasteiger partial charge in [0, 0.05) is 34.3 Å². The average molecular weight is 442 g/mol. The molecule has 0 aliphatic carbocycles. The second-order valence-electron chi connectivity index (χ2n) is 8.18. The van der Waals surface area contributed by atoms with Crippen LogP contribution in [0.15, 0.2) is 23.6 Å². The molecule has 9 nitrogen and oxygen atoms in total. The first-order valence-corrected chi connectivity index (χ1v) is 10.7. The number of hydrogen-bond acceptors (Lipinski definition) is 8. The summed E-state index contributed by atoms with van der Waals surface area (Å²) in [4.78, 5) is 19.7. The van der Waals surface area contributed by atoms with Crippen LogP contribution < -0.4 is 11.5 Å². The fourth-order valence-electron chi connectivity index (χ4n) is 3.29. The van der Waals surface area contributed by atoms with Gasteiger partial charge in [0.05, 0.1) is 11.6 Å². The molecule has 0 spiro atoms. The van der Waals surface area contributed by atoms with Crippen molar-refractivity contribution >= 4 is 34.9 Å². The first-order valence-electron chi connectivity index (χ1n) is 9.84. The highest BCUT2D eigenvalue weighted by molar-refractivity contribution is 7.09. The third-order valence-corrected chi connectivity index (χ3v) is 6.04. The Hall–Kier alpha value is -3.11. The van der Waals surface area contributed by atoms with E-state index < -0.39 is 5.54 Å². The molecule has 164 valence electrons. The Balaban J connectivity index is 1.93. The highest BCUT2D eigenvalue weighted by Gasteiger charge is 2.33. The van der Waals surface area contributed by atoms with E-state index in [9.17, 15) is 4.79 Å². The van der Waals surface area contributed by atoms with Crippen LogP contribution in [0.4, 0.5) is 0 Å². The van der Waals surface area contributed by atoms with Crippen LogP contribution in [0, 0.1) is 23.2 Å². The van der Waals surface area contributed by atoms with Gasteiger partial charge in [-0.25, -0.2) is 4.98 Å². The van der Waals surface area contributed by atoms with Gasteiger partial charge in [-0.2, -0.15) is 0 Å². The molecule has 0 radical (unpaired) electrons. The molecule has 1 amide bonds. The molecule has 31 heavy (non-hydrogen) atoms. The number of carbonyl (C=O) groups excluding carboxylic acids is 1. The number of nitrogens with one attached hydrogen (secondary N) is 3. The summed E-state index contributed by atoms with van der Waals surface area (Å²) < 4.78 is 5.29. The predicted molar refractivity (Wildman–Crippen MR) is 121 cm³/mol. The smallest absolute Gasteiger partial charge is 0.254 e. The molecule has 1 aromatic carbocycles. The first-order chi connectivity index (χ1) is 14.5. The number of hydrogen-bond donors (Lipinski definition) is 5. The van der Waals surface area contributed by atoms with Crippen LogP contribution in [0.3, 0.4) is 0 Å². The summed E-state index contributed by atoms with van der Waals surface area (Å²) in [7, 11) is 0. The molecule has 2 aromatic rings. The molecule has 1 atom stereocenters. The lowest BCUT2D eigenvalue weighted by atomic mass is 10.0. The van der Waals surface area contributed by atoms with Gasteiger partial charge in [-0.05, 0) is 51.8 Å². The number of benzene rings is 1. The lowest BCUT2D eigenvalue weighted by molar-refractivity contribution is 0.0735. The SMILES string of the molecule is Cc1csc([C@H]2CCCN2C(=O)c2cc(C(=N)N)cc(C(=N)OC(=N)C(C)(C)N)c2)n1. The Morgan fingerprint density at radius 3 is 2.45 bits per heavy atom. The van der Waals surface area contributed by atoms with Crippen LogP contribution in [-0.4, -0.2) is 45.5 Å². The minimum absolute atomic E-state index is 0.0995. The van der Waals surface area contributed by atoms with E-state index in [4.69, 9.17) is 32.4 Å². The van der Waals surface area contributed by atoms with Crippen molar-refractivity contribution in [2.45, 2.75) is 45.2 Å². The molecule has 1 saturated heterocycles. The van der Waals surface area contributed by atoms with Gasteiger partial charge >= 0.3 is 0 Å². The predicted octanol–water partition coefficient (Wildman–Crippen LogP) is 2.77. The largest absolute Gasteiger partial charge is 0.423 e. The number of carbonyl (C=O) groups is 1. The van der Waals surface area contributed by atoms with Gasteiger partial charge in [-0.3, -0.25) is 21.0 Å². The molecule has 10 heteroatoms. The Kier molecular flexibility index (Phi) is 6.23. The zero-order valence-electron chi connectivity index (χ0n) is 17.8. The van der Waals surface area contributed by atoms with E-state index in [1.165, 1.54) is 23.5 Å². The van der Waals surface area contributed by atoms with Gasteiger partial charge in [0.25, 0.3) is 5.91 Å². The van der Waals surface area contributed by atoms with E-state index in [0.717, 1.165) is 23.5 Å². The third kappa shape index (κ3) is 4.97. The molecule has 1 aromatic heterocycles. The summed E-state index contributed by atoms with van der Waals surface area (Å²) in [5.74, 6) is -1.07. The molecule has 0 bridgehead atoms. The van der Waals surface area contributed by atoms with E-state index in [-0.39, 0.29) is 35.1 Å². The van der Waals surface area contributed by atoms with Crippen molar-refractivity contribution < 1.29 is 9.53 Å². The Morgan fingerprint density at radius 2 is 1.87 bits per heavy atom. The van der Waals surface area contributed by atoms with E-state index in [0.29, 0.717) is 17.7 Å². The molecule has 2 heterocycles. The van der Waals surface area contributed by atoms with Gasteiger partial charge in [0.15, 0.2) is 0 Å². The topological polar surface area (TPSA) is 166 Å². The molecular weight excluding hydrogens is 414 g/mol. The number of aryl methyl sites for hydroxylation is 1. The molecular formula is C21H27N7O2S. The normalized spacial score (nSPS) is 16.3. The number of amidine groups is 1.